The first kappa shape index (κ1) is 23.8. The number of aromatic nitrogens is 2. The first-order valence-corrected chi connectivity index (χ1v) is 11.4. The molecule has 2 aromatic rings. The molecule has 30 heavy (non-hydrogen) atoms. The number of esters is 1. The molecule has 0 amide bonds. The van der Waals surface area contributed by atoms with E-state index in [1.165, 1.54) is 32.1 Å². The summed E-state index contributed by atoms with van der Waals surface area (Å²) >= 11 is 0. The van der Waals surface area contributed by atoms with Gasteiger partial charge in [-0.05, 0) is 43.0 Å². The third-order valence-corrected chi connectivity index (χ3v) is 5.28. The van der Waals surface area contributed by atoms with Crippen molar-refractivity contribution in [2.24, 2.45) is 5.92 Å². The van der Waals surface area contributed by atoms with E-state index in [2.05, 4.69) is 30.7 Å². The molecule has 0 spiro atoms. The summed E-state index contributed by atoms with van der Waals surface area (Å²) in [4.78, 5) is 20.6. The summed E-state index contributed by atoms with van der Waals surface area (Å²) in [6.45, 7) is 7.24. The van der Waals surface area contributed by atoms with Gasteiger partial charge in [0.2, 0.25) is 0 Å². The van der Waals surface area contributed by atoms with E-state index in [1.807, 2.05) is 24.3 Å². The Bertz CT molecular complexity index is 729. The van der Waals surface area contributed by atoms with Crippen molar-refractivity contribution in [2.75, 3.05) is 6.61 Å². The summed E-state index contributed by atoms with van der Waals surface area (Å²) < 4.78 is 11.1. The van der Waals surface area contributed by atoms with Crippen LogP contribution in [0.3, 0.4) is 0 Å². The fraction of sp³-hybridized carbons (Fsp3) is 0.560. The first-order chi connectivity index (χ1) is 14.6. The highest BCUT2D eigenvalue weighted by atomic mass is 16.5. The third kappa shape index (κ3) is 8.93. The molecule has 164 valence electrons. The summed E-state index contributed by atoms with van der Waals surface area (Å²) in [6.07, 6.45) is 12.9. The van der Waals surface area contributed by atoms with Crippen molar-refractivity contribution in [3.8, 4) is 22.9 Å². The summed E-state index contributed by atoms with van der Waals surface area (Å²) in [5.74, 6) is 2.12. The average molecular weight is 413 g/mol. The molecule has 0 bridgehead atoms. The molecule has 1 atom stereocenters. The van der Waals surface area contributed by atoms with Gasteiger partial charge in [0.05, 0.1) is 19.0 Å². The van der Waals surface area contributed by atoms with Gasteiger partial charge in [0.15, 0.2) is 11.6 Å². The summed E-state index contributed by atoms with van der Waals surface area (Å²) in [5, 5.41) is 0. The van der Waals surface area contributed by atoms with Crippen LogP contribution in [0.5, 0.6) is 11.5 Å². The molecule has 0 aliphatic rings. The number of unbranched alkanes of at least 4 members (excludes halogenated alkanes) is 5. The Labute approximate surface area is 181 Å². The van der Waals surface area contributed by atoms with Gasteiger partial charge in [0, 0.05) is 12.0 Å². The van der Waals surface area contributed by atoms with Gasteiger partial charge in [0.25, 0.3) is 0 Å². The molecule has 1 heterocycles. The molecule has 0 aliphatic carbocycles. The largest absolute Gasteiger partial charge is 0.494 e. The number of carbonyl (C=O) groups is 1. The highest BCUT2D eigenvalue weighted by molar-refractivity contribution is 5.72. The van der Waals surface area contributed by atoms with Gasteiger partial charge in [-0.25, -0.2) is 9.97 Å². The Morgan fingerprint density at radius 3 is 2.27 bits per heavy atom. The highest BCUT2D eigenvalue weighted by Crippen LogP contribution is 2.21. The lowest BCUT2D eigenvalue weighted by atomic mass is 10.0. The van der Waals surface area contributed by atoms with E-state index in [0.29, 0.717) is 23.9 Å². The number of hydrogen-bond donors (Lipinski definition) is 0. The Morgan fingerprint density at radius 1 is 0.933 bits per heavy atom. The monoisotopic (exact) mass is 412 g/mol. The van der Waals surface area contributed by atoms with Crippen LogP contribution in [-0.4, -0.2) is 22.5 Å². The Hall–Kier alpha value is -2.43. The minimum atomic E-state index is -0.237. The van der Waals surface area contributed by atoms with Gasteiger partial charge in [0.1, 0.15) is 5.75 Å². The number of rotatable bonds is 14. The number of ether oxygens (including phenoxy) is 2. The predicted octanol–water partition coefficient (Wildman–Crippen LogP) is 6.61. The van der Waals surface area contributed by atoms with E-state index in [-0.39, 0.29) is 5.97 Å². The van der Waals surface area contributed by atoms with E-state index in [1.54, 1.807) is 12.4 Å². The molecule has 0 unspecified atom stereocenters. The zero-order chi connectivity index (χ0) is 21.6. The Morgan fingerprint density at radius 2 is 1.60 bits per heavy atom. The van der Waals surface area contributed by atoms with Crippen molar-refractivity contribution in [1.29, 1.82) is 0 Å². The summed E-state index contributed by atoms with van der Waals surface area (Å²) in [6, 6.07) is 7.78. The van der Waals surface area contributed by atoms with Crippen LogP contribution < -0.4 is 9.47 Å². The molecular weight excluding hydrogens is 376 g/mol. The lowest BCUT2D eigenvalue weighted by Crippen LogP contribution is -2.10. The van der Waals surface area contributed by atoms with Crippen LogP contribution in [0.1, 0.15) is 78.6 Å². The molecule has 2 rings (SSSR count). The highest BCUT2D eigenvalue weighted by Gasteiger charge is 2.09. The lowest BCUT2D eigenvalue weighted by Gasteiger charge is -2.08. The van der Waals surface area contributed by atoms with Crippen LogP contribution in [0.15, 0.2) is 36.7 Å². The standard InChI is InChI=1S/C25H36N2O3/c1-4-6-7-8-9-10-17-29-22-14-12-21(13-15-22)25-26-18-23(19-27-25)30-24(28)16-11-20(3)5-2/h12-15,18-20H,4-11,16-17H2,1-3H3/t20-/m0/s1. The second kappa shape index (κ2) is 13.7. The second-order valence-corrected chi connectivity index (χ2v) is 7.91. The maximum Gasteiger partial charge on any atom is 0.311 e. The number of hydrogen-bond acceptors (Lipinski definition) is 5. The van der Waals surface area contributed by atoms with Crippen LogP contribution in [0.25, 0.3) is 11.4 Å². The molecule has 0 fully saturated rings. The van der Waals surface area contributed by atoms with Crippen molar-refractivity contribution in [3.63, 3.8) is 0 Å². The maximum atomic E-state index is 11.9. The number of benzene rings is 1. The topological polar surface area (TPSA) is 61.3 Å². The normalized spacial score (nSPS) is 11.8. The van der Waals surface area contributed by atoms with Gasteiger partial charge in [-0.1, -0.05) is 59.3 Å². The molecule has 0 radical (unpaired) electrons. The minimum Gasteiger partial charge on any atom is -0.494 e. The van der Waals surface area contributed by atoms with Crippen molar-refractivity contribution < 1.29 is 14.3 Å². The molecule has 1 aromatic heterocycles. The minimum absolute atomic E-state index is 0.237. The van der Waals surface area contributed by atoms with Gasteiger partial charge in [-0.3, -0.25) is 4.79 Å². The van der Waals surface area contributed by atoms with Crippen LogP contribution in [-0.2, 0) is 4.79 Å². The van der Waals surface area contributed by atoms with Crippen LogP contribution >= 0.6 is 0 Å². The third-order valence-electron chi connectivity index (χ3n) is 5.28. The van der Waals surface area contributed by atoms with Crippen molar-refractivity contribution >= 4 is 5.97 Å². The quantitative estimate of drug-likeness (QED) is 0.258. The zero-order valence-electron chi connectivity index (χ0n) is 18.7. The first-order valence-electron chi connectivity index (χ1n) is 11.4. The van der Waals surface area contributed by atoms with E-state index in [9.17, 15) is 4.79 Å². The Balaban J connectivity index is 1.76. The molecule has 0 aliphatic heterocycles. The maximum absolute atomic E-state index is 11.9. The second-order valence-electron chi connectivity index (χ2n) is 7.91. The fourth-order valence-corrected chi connectivity index (χ4v) is 3.04. The van der Waals surface area contributed by atoms with E-state index in [4.69, 9.17) is 9.47 Å². The van der Waals surface area contributed by atoms with Gasteiger partial charge in [-0.2, -0.15) is 0 Å². The molecule has 1 aromatic carbocycles. The smallest absolute Gasteiger partial charge is 0.311 e. The molecule has 5 heteroatoms. The van der Waals surface area contributed by atoms with E-state index < -0.39 is 0 Å². The number of nitrogens with zero attached hydrogens (tertiary/aromatic N) is 2. The SMILES string of the molecule is CCCCCCCCOc1ccc(-c2ncc(OC(=O)CC[C@@H](C)CC)cn2)cc1. The van der Waals surface area contributed by atoms with Gasteiger partial charge >= 0.3 is 5.97 Å². The molecule has 0 saturated heterocycles. The van der Waals surface area contributed by atoms with Crippen LogP contribution in [0.2, 0.25) is 0 Å². The summed E-state index contributed by atoms with van der Waals surface area (Å²) in [7, 11) is 0. The van der Waals surface area contributed by atoms with Gasteiger partial charge < -0.3 is 9.47 Å². The fourth-order valence-electron chi connectivity index (χ4n) is 3.04. The van der Waals surface area contributed by atoms with Crippen LogP contribution in [0, 0.1) is 5.92 Å². The molecular formula is C25H36N2O3. The van der Waals surface area contributed by atoms with Crippen molar-refractivity contribution in [3.05, 3.63) is 36.7 Å². The number of carbonyl (C=O) groups excluding carboxylic acids is 1. The van der Waals surface area contributed by atoms with Crippen molar-refractivity contribution in [1.82, 2.24) is 9.97 Å². The summed E-state index contributed by atoms with van der Waals surface area (Å²) in [5.41, 5.74) is 0.900. The molecule has 0 N–H and O–H groups in total. The van der Waals surface area contributed by atoms with Crippen molar-refractivity contribution in [2.45, 2.75) is 78.6 Å². The molecule has 0 saturated carbocycles. The van der Waals surface area contributed by atoms with Gasteiger partial charge in [-0.15, -0.1) is 0 Å². The molecule has 5 nitrogen and oxygen atoms in total. The van der Waals surface area contributed by atoms with Crippen LogP contribution in [0.4, 0.5) is 0 Å². The average Bonchev–Trinajstić information content (AvgIpc) is 2.78. The lowest BCUT2D eigenvalue weighted by molar-refractivity contribution is -0.134. The zero-order valence-corrected chi connectivity index (χ0v) is 18.7. The van der Waals surface area contributed by atoms with E-state index >= 15 is 0 Å². The predicted molar refractivity (Wildman–Crippen MR) is 121 cm³/mol. The Kier molecular flexibility index (Phi) is 10.9. The van der Waals surface area contributed by atoms with E-state index in [0.717, 1.165) is 37.2 Å².